The van der Waals surface area contributed by atoms with Crippen molar-refractivity contribution in [3.8, 4) is 0 Å². The highest BCUT2D eigenvalue weighted by Gasteiger charge is 2.30. The summed E-state index contributed by atoms with van der Waals surface area (Å²) in [5.41, 5.74) is 6.09. The molecule has 6 nitrogen and oxygen atoms in total. The summed E-state index contributed by atoms with van der Waals surface area (Å²) >= 11 is 0. The number of piperidine rings is 1. The molecule has 0 aromatic heterocycles. The molecule has 2 atom stereocenters. The number of rotatable bonds is 4. The Morgan fingerprint density at radius 3 is 2.04 bits per heavy atom. The fraction of sp³-hybridized carbons (Fsp3) is 0.895. The van der Waals surface area contributed by atoms with Crippen molar-refractivity contribution in [3.63, 3.8) is 0 Å². The monoisotopic (exact) mass is 386 g/mol. The van der Waals surface area contributed by atoms with Gasteiger partial charge in [0.25, 0.3) is 0 Å². The second-order valence-corrected chi connectivity index (χ2v) is 8.17. The van der Waals surface area contributed by atoms with E-state index in [-0.39, 0.29) is 36.4 Å². The number of carbonyl (C=O) groups excluding carboxylic acids is 2. The molecule has 2 saturated carbocycles. The molecule has 3 rings (SSSR count). The summed E-state index contributed by atoms with van der Waals surface area (Å²) in [6, 6.07) is 0.688. The van der Waals surface area contributed by atoms with E-state index in [9.17, 15) is 9.59 Å². The van der Waals surface area contributed by atoms with Crippen LogP contribution in [0, 0.1) is 5.92 Å². The quantitative estimate of drug-likeness (QED) is 0.693. The molecule has 0 spiro atoms. The first kappa shape index (κ1) is 21.3. The number of amides is 3. The zero-order valence-electron chi connectivity index (χ0n) is 15.8. The first-order valence-electron chi connectivity index (χ1n) is 10.2. The number of halogens is 1. The molecule has 1 saturated heterocycles. The SMILES string of the molecule is Cl.N[C@@H]1CCC[C@H]1CC(=O)N1CCC(NC(=O)NC2CCCCC2)CC1. The molecular formula is C19H35ClN4O2. The first-order chi connectivity index (χ1) is 12.1. The van der Waals surface area contributed by atoms with Gasteiger partial charge in [-0.1, -0.05) is 25.7 Å². The topological polar surface area (TPSA) is 87.5 Å². The van der Waals surface area contributed by atoms with Crippen molar-refractivity contribution in [2.24, 2.45) is 11.7 Å². The average molecular weight is 387 g/mol. The summed E-state index contributed by atoms with van der Waals surface area (Å²) in [4.78, 5) is 26.6. The number of hydrogen-bond donors (Lipinski definition) is 3. The molecule has 0 aromatic rings. The second-order valence-electron chi connectivity index (χ2n) is 8.17. The van der Waals surface area contributed by atoms with E-state index in [0.29, 0.717) is 18.4 Å². The van der Waals surface area contributed by atoms with E-state index in [1.807, 2.05) is 4.90 Å². The van der Waals surface area contributed by atoms with Gasteiger partial charge in [-0.3, -0.25) is 4.79 Å². The lowest BCUT2D eigenvalue weighted by Crippen LogP contribution is -2.51. The van der Waals surface area contributed by atoms with Crippen LogP contribution in [0.1, 0.15) is 70.6 Å². The van der Waals surface area contributed by atoms with E-state index in [0.717, 1.165) is 58.0 Å². The minimum absolute atomic E-state index is 0. The van der Waals surface area contributed by atoms with Gasteiger partial charge in [0.2, 0.25) is 5.91 Å². The number of nitrogens with two attached hydrogens (primary N) is 1. The van der Waals surface area contributed by atoms with Crippen LogP contribution in [-0.4, -0.2) is 48.1 Å². The molecule has 4 N–H and O–H groups in total. The molecule has 150 valence electrons. The van der Waals surface area contributed by atoms with Gasteiger partial charge < -0.3 is 21.3 Å². The minimum atomic E-state index is -0.0337. The second kappa shape index (κ2) is 10.4. The van der Waals surface area contributed by atoms with Gasteiger partial charge in [0.05, 0.1) is 0 Å². The smallest absolute Gasteiger partial charge is 0.315 e. The maximum Gasteiger partial charge on any atom is 0.315 e. The Balaban J connectivity index is 0.00000243. The fourth-order valence-electron chi connectivity index (χ4n) is 4.60. The zero-order chi connectivity index (χ0) is 17.6. The maximum absolute atomic E-state index is 12.5. The van der Waals surface area contributed by atoms with Crippen LogP contribution in [0.3, 0.4) is 0 Å². The number of carbonyl (C=O) groups is 2. The first-order valence-corrected chi connectivity index (χ1v) is 10.2. The van der Waals surface area contributed by atoms with Gasteiger partial charge in [0, 0.05) is 37.6 Å². The molecule has 2 aliphatic carbocycles. The molecule has 3 amide bonds. The van der Waals surface area contributed by atoms with Crippen LogP contribution in [0.5, 0.6) is 0 Å². The summed E-state index contributed by atoms with van der Waals surface area (Å²) in [5.74, 6) is 0.608. The lowest BCUT2D eigenvalue weighted by molar-refractivity contribution is -0.133. The molecule has 0 bridgehead atoms. The Morgan fingerprint density at radius 1 is 0.846 bits per heavy atom. The standard InChI is InChI=1S/C19H34N4O2.ClH/c20-17-8-4-5-14(17)13-18(24)23-11-9-16(10-12-23)22-19(25)21-15-6-2-1-3-7-15;/h14-17H,1-13,20H2,(H2,21,22,25);1H/t14-,17+;/m0./s1. The molecule has 1 heterocycles. The minimum Gasteiger partial charge on any atom is -0.343 e. The third kappa shape index (κ3) is 6.02. The van der Waals surface area contributed by atoms with Gasteiger partial charge in [-0.15, -0.1) is 12.4 Å². The van der Waals surface area contributed by atoms with Crippen LogP contribution < -0.4 is 16.4 Å². The summed E-state index contributed by atoms with van der Waals surface area (Å²) < 4.78 is 0. The van der Waals surface area contributed by atoms with Crippen molar-refractivity contribution in [1.82, 2.24) is 15.5 Å². The Kier molecular flexibility index (Phi) is 8.48. The molecule has 1 aliphatic heterocycles. The fourth-order valence-corrected chi connectivity index (χ4v) is 4.60. The Bertz CT molecular complexity index is 462. The number of nitrogens with zero attached hydrogens (tertiary/aromatic N) is 1. The van der Waals surface area contributed by atoms with Crippen LogP contribution in [0.25, 0.3) is 0 Å². The molecule has 3 fully saturated rings. The molecular weight excluding hydrogens is 352 g/mol. The van der Waals surface area contributed by atoms with Crippen molar-refractivity contribution in [2.75, 3.05) is 13.1 Å². The van der Waals surface area contributed by atoms with Gasteiger partial charge in [0.1, 0.15) is 0 Å². The van der Waals surface area contributed by atoms with Crippen molar-refractivity contribution >= 4 is 24.3 Å². The molecule has 7 heteroatoms. The van der Waals surface area contributed by atoms with Crippen molar-refractivity contribution in [1.29, 1.82) is 0 Å². The van der Waals surface area contributed by atoms with Gasteiger partial charge in [-0.25, -0.2) is 4.79 Å². The number of urea groups is 1. The highest BCUT2D eigenvalue weighted by molar-refractivity contribution is 5.85. The third-order valence-corrected chi connectivity index (χ3v) is 6.28. The van der Waals surface area contributed by atoms with E-state index in [4.69, 9.17) is 5.73 Å². The normalized spacial score (nSPS) is 27.7. The summed E-state index contributed by atoms with van der Waals surface area (Å²) in [5, 5.41) is 6.21. The van der Waals surface area contributed by atoms with Crippen molar-refractivity contribution in [3.05, 3.63) is 0 Å². The lowest BCUT2D eigenvalue weighted by atomic mass is 9.96. The summed E-state index contributed by atoms with van der Waals surface area (Å²) in [6.07, 6.45) is 11.5. The van der Waals surface area contributed by atoms with Crippen LogP contribution in [-0.2, 0) is 4.79 Å². The highest BCUT2D eigenvalue weighted by Crippen LogP contribution is 2.28. The van der Waals surface area contributed by atoms with Crippen molar-refractivity contribution in [2.45, 2.75) is 88.8 Å². The third-order valence-electron chi connectivity index (χ3n) is 6.28. The predicted octanol–water partition coefficient (Wildman–Crippen LogP) is 2.55. The molecule has 0 aromatic carbocycles. The molecule has 0 unspecified atom stereocenters. The van der Waals surface area contributed by atoms with E-state index >= 15 is 0 Å². The Labute approximate surface area is 163 Å². The van der Waals surface area contributed by atoms with Gasteiger partial charge in [-0.2, -0.15) is 0 Å². The van der Waals surface area contributed by atoms with Gasteiger partial charge >= 0.3 is 6.03 Å². The summed E-state index contributed by atoms with van der Waals surface area (Å²) in [7, 11) is 0. The van der Waals surface area contributed by atoms with Crippen molar-refractivity contribution < 1.29 is 9.59 Å². The highest BCUT2D eigenvalue weighted by atomic mass is 35.5. The van der Waals surface area contributed by atoms with Gasteiger partial charge in [-0.05, 0) is 44.4 Å². The van der Waals surface area contributed by atoms with E-state index in [1.54, 1.807) is 0 Å². The Morgan fingerprint density at radius 2 is 1.46 bits per heavy atom. The van der Waals surface area contributed by atoms with Gasteiger partial charge in [0.15, 0.2) is 0 Å². The molecule has 0 radical (unpaired) electrons. The molecule has 26 heavy (non-hydrogen) atoms. The van der Waals surface area contributed by atoms with Crippen LogP contribution in [0.4, 0.5) is 4.79 Å². The number of likely N-dealkylation sites (tertiary alicyclic amines) is 1. The average Bonchev–Trinajstić information content (AvgIpc) is 3.01. The predicted molar refractivity (Wildman–Crippen MR) is 105 cm³/mol. The van der Waals surface area contributed by atoms with E-state index in [2.05, 4.69) is 10.6 Å². The van der Waals surface area contributed by atoms with E-state index < -0.39 is 0 Å². The van der Waals surface area contributed by atoms with Crippen LogP contribution in [0.15, 0.2) is 0 Å². The molecule has 3 aliphatic rings. The number of hydrogen-bond acceptors (Lipinski definition) is 3. The van der Waals surface area contributed by atoms with Crippen LogP contribution >= 0.6 is 12.4 Å². The zero-order valence-corrected chi connectivity index (χ0v) is 16.6. The Hall–Kier alpha value is -1.01. The number of nitrogens with one attached hydrogen (secondary N) is 2. The lowest BCUT2D eigenvalue weighted by Gasteiger charge is -2.34. The largest absolute Gasteiger partial charge is 0.343 e. The van der Waals surface area contributed by atoms with Crippen LogP contribution in [0.2, 0.25) is 0 Å². The van der Waals surface area contributed by atoms with E-state index in [1.165, 1.54) is 19.3 Å². The summed E-state index contributed by atoms with van der Waals surface area (Å²) in [6.45, 7) is 1.49. The maximum atomic E-state index is 12.5.